The van der Waals surface area contributed by atoms with Gasteiger partial charge in [-0.2, -0.15) is 0 Å². The number of aromatic nitrogens is 1. The first-order valence-corrected chi connectivity index (χ1v) is 9.76. The lowest BCUT2D eigenvalue weighted by Gasteiger charge is -2.33. The van der Waals surface area contributed by atoms with Crippen LogP contribution in [-0.2, 0) is 0 Å². The molecule has 0 spiro atoms. The standard InChI is InChI=1S/C20H32N4O/c1-5-23(15(2)3)19-11-10-16(14-21-19)20(25)24-13-7-9-18(24)17-8-6-12-22(17)4/h10-11,14-15,17-18H,5-9,12-13H2,1-4H3/t17-,18+/m0/s1. The molecule has 5 nitrogen and oxygen atoms in total. The lowest BCUT2D eigenvalue weighted by molar-refractivity contribution is 0.0664. The van der Waals surface area contributed by atoms with Crippen LogP contribution < -0.4 is 4.90 Å². The molecule has 0 saturated carbocycles. The van der Waals surface area contributed by atoms with Gasteiger partial charge in [-0.3, -0.25) is 4.79 Å². The summed E-state index contributed by atoms with van der Waals surface area (Å²) < 4.78 is 0. The van der Waals surface area contributed by atoms with Crippen molar-refractivity contribution < 1.29 is 4.79 Å². The zero-order valence-corrected chi connectivity index (χ0v) is 16.1. The van der Waals surface area contributed by atoms with E-state index < -0.39 is 0 Å². The van der Waals surface area contributed by atoms with Crippen LogP contribution in [0.5, 0.6) is 0 Å². The van der Waals surface area contributed by atoms with Crippen molar-refractivity contribution in [1.29, 1.82) is 0 Å². The molecule has 2 aliphatic heterocycles. The van der Waals surface area contributed by atoms with Gasteiger partial charge in [0.15, 0.2) is 0 Å². The van der Waals surface area contributed by atoms with E-state index in [2.05, 4.69) is 47.5 Å². The minimum Gasteiger partial charge on any atom is -0.354 e. The second-order valence-electron chi connectivity index (χ2n) is 7.68. The molecule has 1 aromatic rings. The molecule has 0 unspecified atom stereocenters. The molecule has 138 valence electrons. The third-order valence-electron chi connectivity index (χ3n) is 5.83. The number of pyridine rings is 1. The molecular formula is C20H32N4O. The van der Waals surface area contributed by atoms with Gasteiger partial charge in [0.2, 0.25) is 0 Å². The van der Waals surface area contributed by atoms with Crippen LogP contribution in [0.3, 0.4) is 0 Å². The summed E-state index contributed by atoms with van der Waals surface area (Å²) in [5, 5.41) is 0. The largest absolute Gasteiger partial charge is 0.354 e. The van der Waals surface area contributed by atoms with Gasteiger partial charge in [-0.05, 0) is 72.2 Å². The van der Waals surface area contributed by atoms with Crippen LogP contribution in [0, 0.1) is 0 Å². The van der Waals surface area contributed by atoms with Crippen LogP contribution in [-0.4, -0.2) is 65.5 Å². The van der Waals surface area contributed by atoms with Crippen LogP contribution in [0.4, 0.5) is 5.82 Å². The zero-order valence-electron chi connectivity index (χ0n) is 16.1. The Kier molecular flexibility index (Phi) is 5.62. The molecule has 25 heavy (non-hydrogen) atoms. The first-order chi connectivity index (χ1) is 12.0. The number of carbonyl (C=O) groups is 1. The normalized spacial score (nSPS) is 24.3. The third kappa shape index (κ3) is 3.66. The summed E-state index contributed by atoms with van der Waals surface area (Å²) in [6.07, 6.45) is 6.46. The Balaban J connectivity index is 1.74. The molecule has 2 atom stereocenters. The average Bonchev–Trinajstić information content (AvgIpc) is 3.23. The highest BCUT2D eigenvalue weighted by atomic mass is 16.2. The number of rotatable bonds is 5. The Bertz CT molecular complexity index is 586. The van der Waals surface area contributed by atoms with Crippen molar-refractivity contribution in [3.63, 3.8) is 0 Å². The average molecular weight is 345 g/mol. The van der Waals surface area contributed by atoms with E-state index in [0.29, 0.717) is 18.1 Å². The van der Waals surface area contributed by atoms with Gasteiger partial charge < -0.3 is 14.7 Å². The van der Waals surface area contributed by atoms with Crippen molar-refractivity contribution in [3.05, 3.63) is 23.9 Å². The van der Waals surface area contributed by atoms with E-state index in [-0.39, 0.29) is 5.91 Å². The van der Waals surface area contributed by atoms with E-state index in [1.54, 1.807) is 6.20 Å². The fourth-order valence-corrected chi connectivity index (χ4v) is 4.51. The summed E-state index contributed by atoms with van der Waals surface area (Å²) in [5.41, 5.74) is 0.719. The predicted molar refractivity (Wildman–Crippen MR) is 102 cm³/mol. The first kappa shape index (κ1) is 18.2. The van der Waals surface area contributed by atoms with Gasteiger partial charge in [0.25, 0.3) is 5.91 Å². The van der Waals surface area contributed by atoms with Crippen molar-refractivity contribution in [3.8, 4) is 0 Å². The molecule has 2 aliphatic rings. The number of anilines is 1. The summed E-state index contributed by atoms with van der Waals surface area (Å²) >= 11 is 0. The maximum atomic E-state index is 13.1. The summed E-state index contributed by atoms with van der Waals surface area (Å²) in [5.74, 6) is 1.09. The van der Waals surface area contributed by atoms with Crippen LogP contribution in [0.25, 0.3) is 0 Å². The summed E-state index contributed by atoms with van der Waals surface area (Å²) in [4.78, 5) is 24.4. The number of hydrogen-bond donors (Lipinski definition) is 0. The van der Waals surface area contributed by atoms with Gasteiger partial charge >= 0.3 is 0 Å². The quantitative estimate of drug-likeness (QED) is 0.823. The molecule has 0 bridgehead atoms. The lowest BCUT2D eigenvalue weighted by Crippen LogP contribution is -2.47. The number of likely N-dealkylation sites (tertiary alicyclic amines) is 2. The smallest absolute Gasteiger partial charge is 0.255 e. The lowest BCUT2D eigenvalue weighted by atomic mass is 10.0. The maximum absolute atomic E-state index is 13.1. The summed E-state index contributed by atoms with van der Waals surface area (Å²) in [6, 6.07) is 5.23. The third-order valence-corrected chi connectivity index (χ3v) is 5.83. The van der Waals surface area contributed by atoms with E-state index in [4.69, 9.17) is 0 Å². The Labute approximate surface area is 152 Å². The van der Waals surface area contributed by atoms with Gasteiger partial charge in [-0.15, -0.1) is 0 Å². The van der Waals surface area contributed by atoms with E-state index in [9.17, 15) is 4.79 Å². The fraction of sp³-hybridized carbons (Fsp3) is 0.700. The molecule has 3 rings (SSSR count). The van der Waals surface area contributed by atoms with E-state index >= 15 is 0 Å². The number of likely N-dealkylation sites (N-methyl/N-ethyl adjacent to an activating group) is 1. The Hall–Kier alpha value is -1.62. The topological polar surface area (TPSA) is 39.7 Å². The molecule has 2 saturated heterocycles. The van der Waals surface area contributed by atoms with Gasteiger partial charge in [0.1, 0.15) is 5.82 Å². The number of carbonyl (C=O) groups excluding carboxylic acids is 1. The second-order valence-corrected chi connectivity index (χ2v) is 7.68. The molecule has 0 aromatic carbocycles. The molecule has 1 aromatic heterocycles. The first-order valence-electron chi connectivity index (χ1n) is 9.76. The fourth-order valence-electron chi connectivity index (χ4n) is 4.51. The van der Waals surface area contributed by atoms with Gasteiger partial charge in [0.05, 0.1) is 5.56 Å². The van der Waals surface area contributed by atoms with Gasteiger partial charge in [-0.1, -0.05) is 0 Å². The summed E-state index contributed by atoms with van der Waals surface area (Å²) in [6.45, 7) is 9.41. The van der Waals surface area contributed by atoms with E-state index in [0.717, 1.165) is 43.9 Å². The molecule has 3 heterocycles. The van der Waals surface area contributed by atoms with Crippen molar-refractivity contribution in [2.75, 3.05) is 31.6 Å². The molecule has 1 amide bonds. The predicted octanol–water partition coefficient (Wildman–Crippen LogP) is 3.02. The highest BCUT2D eigenvalue weighted by molar-refractivity contribution is 5.94. The van der Waals surface area contributed by atoms with E-state index in [1.807, 2.05) is 12.1 Å². The molecule has 0 aliphatic carbocycles. The molecule has 2 fully saturated rings. The Morgan fingerprint density at radius 2 is 1.96 bits per heavy atom. The van der Waals surface area contributed by atoms with Crippen LogP contribution in [0.15, 0.2) is 18.3 Å². The van der Waals surface area contributed by atoms with E-state index in [1.165, 1.54) is 12.8 Å². The van der Waals surface area contributed by atoms with Gasteiger partial charge in [-0.25, -0.2) is 4.98 Å². The number of amides is 1. The van der Waals surface area contributed by atoms with Crippen molar-refractivity contribution in [1.82, 2.24) is 14.8 Å². The number of hydrogen-bond acceptors (Lipinski definition) is 4. The monoisotopic (exact) mass is 344 g/mol. The molecule has 0 radical (unpaired) electrons. The minimum absolute atomic E-state index is 0.148. The van der Waals surface area contributed by atoms with Crippen molar-refractivity contribution in [2.24, 2.45) is 0 Å². The highest BCUT2D eigenvalue weighted by Crippen LogP contribution is 2.30. The van der Waals surface area contributed by atoms with Crippen molar-refractivity contribution in [2.45, 2.75) is 64.6 Å². The second kappa shape index (κ2) is 7.73. The molecular weight excluding hydrogens is 312 g/mol. The molecule has 0 N–H and O–H groups in total. The van der Waals surface area contributed by atoms with Crippen LogP contribution in [0.2, 0.25) is 0 Å². The van der Waals surface area contributed by atoms with Crippen LogP contribution in [0.1, 0.15) is 56.8 Å². The van der Waals surface area contributed by atoms with Gasteiger partial charge in [0, 0.05) is 37.4 Å². The zero-order chi connectivity index (χ0) is 18.0. The molecule has 5 heteroatoms. The SMILES string of the molecule is CCN(c1ccc(C(=O)N2CCC[C@@H]2[C@@H]2CCCN2C)cn1)C(C)C. The Morgan fingerprint density at radius 1 is 1.24 bits per heavy atom. The Morgan fingerprint density at radius 3 is 2.52 bits per heavy atom. The van der Waals surface area contributed by atoms with Crippen LogP contribution >= 0.6 is 0 Å². The number of nitrogens with zero attached hydrogens (tertiary/aromatic N) is 4. The summed E-state index contributed by atoms with van der Waals surface area (Å²) in [7, 11) is 2.19. The minimum atomic E-state index is 0.148. The maximum Gasteiger partial charge on any atom is 0.255 e. The van der Waals surface area contributed by atoms with Crippen molar-refractivity contribution >= 4 is 11.7 Å². The highest BCUT2D eigenvalue weighted by Gasteiger charge is 2.38.